The number of carbonyl (C=O) groups is 2. The van der Waals surface area contributed by atoms with Crippen LogP contribution in [0.4, 0.5) is 11.4 Å². The van der Waals surface area contributed by atoms with Crippen LogP contribution in [0.1, 0.15) is 13.8 Å². The van der Waals surface area contributed by atoms with Crippen molar-refractivity contribution < 1.29 is 24.0 Å². The molecular formula is C21H33N4O4+. The van der Waals surface area contributed by atoms with Crippen LogP contribution in [0.2, 0.25) is 0 Å². The number of anilines is 2. The van der Waals surface area contributed by atoms with Crippen molar-refractivity contribution in [1.29, 1.82) is 0 Å². The number of amides is 2. The van der Waals surface area contributed by atoms with Gasteiger partial charge >= 0.3 is 0 Å². The number of carbonyl (C=O) groups excluding carboxylic acids is 2. The first kappa shape index (κ1) is 21.5. The van der Waals surface area contributed by atoms with Crippen LogP contribution >= 0.6 is 0 Å². The van der Waals surface area contributed by atoms with Crippen molar-refractivity contribution in [3.63, 3.8) is 0 Å². The van der Waals surface area contributed by atoms with Gasteiger partial charge in [0.2, 0.25) is 5.91 Å². The van der Waals surface area contributed by atoms with Crippen LogP contribution in [0.15, 0.2) is 24.3 Å². The van der Waals surface area contributed by atoms with Crippen LogP contribution in [0.25, 0.3) is 0 Å². The molecule has 0 spiro atoms. The Morgan fingerprint density at radius 2 is 1.76 bits per heavy atom. The van der Waals surface area contributed by atoms with E-state index >= 15 is 0 Å². The monoisotopic (exact) mass is 405 g/mol. The van der Waals surface area contributed by atoms with Gasteiger partial charge in [0.05, 0.1) is 19.8 Å². The zero-order valence-electron chi connectivity index (χ0n) is 17.6. The van der Waals surface area contributed by atoms with Crippen molar-refractivity contribution in [3.05, 3.63) is 24.3 Å². The Labute approximate surface area is 172 Å². The fraction of sp³-hybridized carbons (Fsp3) is 0.619. The van der Waals surface area contributed by atoms with Crippen molar-refractivity contribution in [1.82, 2.24) is 4.90 Å². The molecule has 0 aliphatic carbocycles. The van der Waals surface area contributed by atoms with Crippen molar-refractivity contribution in [3.8, 4) is 0 Å². The summed E-state index contributed by atoms with van der Waals surface area (Å²) in [7, 11) is 1.68. The van der Waals surface area contributed by atoms with E-state index < -0.39 is 0 Å². The normalized spacial score (nSPS) is 24.8. The number of morpholine rings is 2. The predicted molar refractivity (Wildman–Crippen MR) is 111 cm³/mol. The Balaban J connectivity index is 1.45. The molecule has 2 heterocycles. The molecule has 29 heavy (non-hydrogen) atoms. The first-order chi connectivity index (χ1) is 13.9. The number of quaternary nitrogens is 1. The highest BCUT2D eigenvalue weighted by Gasteiger charge is 2.28. The fourth-order valence-corrected chi connectivity index (χ4v) is 3.96. The number of likely N-dealkylation sites (N-methyl/N-ethyl adjacent to an activating group) is 1. The van der Waals surface area contributed by atoms with E-state index in [1.54, 1.807) is 7.05 Å². The Kier molecular flexibility index (Phi) is 7.46. The second kappa shape index (κ2) is 10.0. The van der Waals surface area contributed by atoms with E-state index in [1.807, 2.05) is 38.1 Å². The minimum Gasteiger partial charge on any atom is -0.378 e. The average Bonchev–Trinajstić information content (AvgIpc) is 2.68. The highest BCUT2D eigenvalue weighted by atomic mass is 16.5. The molecule has 2 fully saturated rings. The van der Waals surface area contributed by atoms with Crippen LogP contribution < -0.4 is 15.1 Å². The molecule has 3 rings (SSSR count). The summed E-state index contributed by atoms with van der Waals surface area (Å²) < 4.78 is 11.1. The molecule has 2 N–H and O–H groups in total. The zero-order valence-corrected chi connectivity index (χ0v) is 17.6. The molecule has 2 aliphatic rings. The van der Waals surface area contributed by atoms with Gasteiger partial charge in [-0.1, -0.05) is 0 Å². The average molecular weight is 406 g/mol. The standard InChI is InChI=1S/C21H32N4O4/c1-16-12-24(13-17(2)29-16)15-21(27)23(3)14-20(26)22-18-4-6-19(7-5-18)25-8-10-28-11-9-25/h4-7,16-17H,8-15H2,1-3H3,(H,22,26)/p+1/t16-,17+. The van der Waals surface area contributed by atoms with Gasteiger partial charge in [0.15, 0.2) is 6.54 Å². The van der Waals surface area contributed by atoms with Crippen molar-refractivity contribution in [2.75, 3.05) is 69.7 Å². The number of nitrogens with one attached hydrogen (secondary N) is 2. The molecule has 8 nitrogen and oxygen atoms in total. The topological polar surface area (TPSA) is 75.6 Å². The van der Waals surface area contributed by atoms with Crippen molar-refractivity contribution in [2.45, 2.75) is 26.1 Å². The third-order valence-corrected chi connectivity index (χ3v) is 5.35. The summed E-state index contributed by atoms with van der Waals surface area (Å²) in [6, 6.07) is 7.79. The lowest BCUT2D eigenvalue weighted by atomic mass is 10.2. The second-order valence-electron chi connectivity index (χ2n) is 8.04. The van der Waals surface area contributed by atoms with E-state index in [9.17, 15) is 9.59 Å². The quantitative estimate of drug-likeness (QED) is 0.675. The second-order valence-corrected chi connectivity index (χ2v) is 8.04. The molecule has 8 heteroatoms. The van der Waals surface area contributed by atoms with Gasteiger partial charge in [0, 0.05) is 31.5 Å². The van der Waals surface area contributed by atoms with Crippen LogP contribution in [0, 0.1) is 0 Å². The molecule has 0 aromatic heterocycles. The van der Waals surface area contributed by atoms with E-state index in [-0.39, 0.29) is 30.6 Å². The van der Waals surface area contributed by atoms with Gasteiger partial charge in [-0.2, -0.15) is 0 Å². The highest BCUT2D eigenvalue weighted by Crippen LogP contribution is 2.19. The largest absolute Gasteiger partial charge is 0.378 e. The predicted octanol–water partition coefficient (Wildman–Crippen LogP) is -0.388. The van der Waals surface area contributed by atoms with E-state index in [0.29, 0.717) is 6.54 Å². The molecule has 1 aromatic carbocycles. The molecule has 1 aromatic rings. The van der Waals surface area contributed by atoms with Gasteiger partial charge in [-0.15, -0.1) is 0 Å². The van der Waals surface area contributed by atoms with Gasteiger partial charge < -0.3 is 29.5 Å². The molecule has 2 aliphatic heterocycles. The number of hydrogen-bond donors (Lipinski definition) is 2. The fourth-order valence-electron chi connectivity index (χ4n) is 3.96. The maximum absolute atomic E-state index is 12.5. The molecule has 0 bridgehead atoms. The maximum atomic E-state index is 12.5. The van der Waals surface area contributed by atoms with Gasteiger partial charge in [-0.3, -0.25) is 9.59 Å². The van der Waals surface area contributed by atoms with Gasteiger partial charge in [-0.05, 0) is 38.1 Å². The van der Waals surface area contributed by atoms with Crippen LogP contribution in [-0.4, -0.2) is 88.5 Å². The van der Waals surface area contributed by atoms with E-state index in [1.165, 1.54) is 9.80 Å². The highest BCUT2D eigenvalue weighted by molar-refractivity contribution is 5.94. The Hall–Kier alpha value is -2.16. The summed E-state index contributed by atoms with van der Waals surface area (Å²) in [5.41, 5.74) is 1.85. The molecule has 2 saturated heterocycles. The molecule has 0 radical (unpaired) electrons. The van der Waals surface area contributed by atoms with Gasteiger partial charge in [0.1, 0.15) is 25.3 Å². The molecule has 160 valence electrons. The van der Waals surface area contributed by atoms with Crippen molar-refractivity contribution >= 4 is 23.2 Å². The first-order valence-electron chi connectivity index (χ1n) is 10.4. The molecular weight excluding hydrogens is 372 g/mol. The SMILES string of the molecule is C[C@@H]1C[NH+](CC(=O)N(C)CC(=O)Nc2ccc(N3CCOCC3)cc2)C[C@H](C)O1. The van der Waals surface area contributed by atoms with Crippen molar-refractivity contribution in [2.24, 2.45) is 0 Å². The van der Waals surface area contributed by atoms with E-state index in [2.05, 4.69) is 10.2 Å². The number of ether oxygens (including phenoxy) is 2. The number of nitrogens with zero attached hydrogens (tertiary/aromatic N) is 2. The number of benzene rings is 1. The van der Waals surface area contributed by atoms with Gasteiger partial charge in [-0.25, -0.2) is 0 Å². The molecule has 3 atom stereocenters. The Bertz CT molecular complexity index is 680. The molecule has 1 unspecified atom stereocenters. The maximum Gasteiger partial charge on any atom is 0.277 e. The summed E-state index contributed by atoms with van der Waals surface area (Å²) in [4.78, 5) is 29.8. The van der Waals surface area contributed by atoms with Crippen LogP contribution in [0.5, 0.6) is 0 Å². The smallest absolute Gasteiger partial charge is 0.277 e. The molecule has 2 amide bonds. The minimum absolute atomic E-state index is 0.0286. The zero-order chi connectivity index (χ0) is 20.8. The van der Waals surface area contributed by atoms with Crippen LogP contribution in [0.3, 0.4) is 0 Å². The van der Waals surface area contributed by atoms with E-state index in [4.69, 9.17) is 9.47 Å². The van der Waals surface area contributed by atoms with Crippen LogP contribution in [-0.2, 0) is 19.1 Å². The van der Waals surface area contributed by atoms with Gasteiger partial charge in [0.25, 0.3) is 5.91 Å². The third-order valence-electron chi connectivity index (χ3n) is 5.35. The minimum atomic E-state index is -0.196. The summed E-state index contributed by atoms with van der Waals surface area (Å²) in [6.45, 7) is 9.34. The number of hydrogen-bond acceptors (Lipinski definition) is 5. The first-order valence-corrected chi connectivity index (χ1v) is 10.4. The molecule has 0 saturated carbocycles. The lowest BCUT2D eigenvalue weighted by Crippen LogP contribution is -3.16. The number of rotatable bonds is 6. The lowest BCUT2D eigenvalue weighted by Gasteiger charge is -2.32. The lowest BCUT2D eigenvalue weighted by molar-refractivity contribution is -0.907. The Morgan fingerprint density at radius 1 is 1.14 bits per heavy atom. The Morgan fingerprint density at radius 3 is 2.38 bits per heavy atom. The third kappa shape index (κ3) is 6.42. The summed E-state index contributed by atoms with van der Waals surface area (Å²) in [5.74, 6) is -0.224. The summed E-state index contributed by atoms with van der Waals surface area (Å²) in [5, 5.41) is 2.87. The van der Waals surface area contributed by atoms with E-state index in [0.717, 1.165) is 50.8 Å². The summed E-state index contributed by atoms with van der Waals surface area (Å²) in [6.07, 6.45) is 0.297. The summed E-state index contributed by atoms with van der Waals surface area (Å²) >= 11 is 0.